The van der Waals surface area contributed by atoms with Crippen LogP contribution in [0.15, 0.2) is 35.9 Å². The number of hydrogen-bond donors (Lipinski definition) is 0. The molecule has 0 aromatic heterocycles. The molecule has 4 heteroatoms. The predicted molar refractivity (Wildman–Crippen MR) is 150 cm³/mol. The molecule has 1 saturated heterocycles. The summed E-state index contributed by atoms with van der Waals surface area (Å²) in [7, 11) is 0. The fraction of sp³-hybridized carbons (Fsp3) is 0.515. The van der Waals surface area contributed by atoms with Crippen molar-refractivity contribution in [3.8, 4) is 6.07 Å². The van der Waals surface area contributed by atoms with Crippen molar-refractivity contribution in [1.29, 1.82) is 5.26 Å². The minimum absolute atomic E-state index is 0.158. The van der Waals surface area contributed by atoms with E-state index in [-0.39, 0.29) is 11.2 Å². The first-order chi connectivity index (χ1) is 17.8. The second kappa shape index (κ2) is 8.84. The summed E-state index contributed by atoms with van der Waals surface area (Å²) in [5.41, 5.74) is 9.76. The van der Waals surface area contributed by atoms with Gasteiger partial charge in [0, 0.05) is 54.0 Å². The number of allylic oxidation sites excluding steroid dienone is 2. The maximum absolute atomic E-state index is 14.0. The van der Waals surface area contributed by atoms with Crippen molar-refractivity contribution >= 4 is 17.0 Å². The van der Waals surface area contributed by atoms with Crippen LogP contribution in [0.25, 0.3) is 5.57 Å². The van der Waals surface area contributed by atoms with E-state index in [4.69, 9.17) is 0 Å². The van der Waals surface area contributed by atoms with Gasteiger partial charge >= 0.3 is 0 Å². The molecular weight excluding hydrogens is 454 g/mol. The third-order valence-electron chi connectivity index (χ3n) is 9.96. The third-order valence-corrected chi connectivity index (χ3v) is 9.96. The number of nitrogens with zero attached hydrogens (tertiary/aromatic N) is 3. The largest absolute Gasteiger partial charge is 0.369 e. The average molecular weight is 494 g/mol. The van der Waals surface area contributed by atoms with Crippen LogP contribution < -0.4 is 4.90 Å². The van der Waals surface area contributed by atoms with Crippen LogP contribution in [0.2, 0.25) is 0 Å². The van der Waals surface area contributed by atoms with Crippen LogP contribution in [0.1, 0.15) is 98.0 Å². The number of fused-ring (bicyclic) bond motifs is 3. The van der Waals surface area contributed by atoms with E-state index in [1.165, 1.54) is 54.5 Å². The van der Waals surface area contributed by atoms with E-state index in [1.54, 1.807) is 0 Å². The molecule has 0 N–H and O–H groups in total. The molecule has 4 nitrogen and oxygen atoms in total. The zero-order chi connectivity index (χ0) is 25.9. The molecule has 2 aromatic rings. The molecule has 0 radical (unpaired) electrons. The number of Topliss-reactive ketones (excluding diaryl/α,β-unsaturated/α-hetero) is 1. The highest BCUT2D eigenvalue weighted by atomic mass is 16.1. The van der Waals surface area contributed by atoms with Crippen LogP contribution >= 0.6 is 0 Å². The van der Waals surface area contributed by atoms with Crippen molar-refractivity contribution in [2.24, 2.45) is 0 Å². The Morgan fingerprint density at radius 2 is 1.76 bits per heavy atom. The number of rotatable bonds is 5. The highest BCUT2D eigenvalue weighted by molar-refractivity contribution is 6.33. The standard InChI is InChI=1S/C33H39N3O/c1-5-10-33(11-7-12-33)36-15-13-35(14-16-36)29-20-27-26(18-23(29)6-2)31(37)30-25-9-8-22(21-34)17-24(25)19-28(30)32(27,3)4/h8-9,17-18,20H,5-7,10-16,19H2,1-4H3. The molecule has 0 bridgehead atoms. The topological polar surface area (TPSA) is 47.3 Å². The van der Waals surface area contributed by atoms with Crippen LogP contribution in [0, 0.1) is 11.3 Å². The number of hydrogen-bond acceptors (Lipinski definition) is 4. The molecule has 0 spiro atoms. The molecule has 0 amide bonds. The first-order valence-corrected chi connectivity index (χ1v) is 14.3. The van der Waals surface area contributed by atoms with Crippen LogP contribution in [0.4, 0.5) is 5.69 Å². The Balaban J connectivity index is 1.33. The number of ketones is 1. The maximum Gasteiger partial charge on any atom is 0.193 e. The van der Waals surface area contributed by atoms with Crippen molar-refractivity contribution < 1.29 is 4.79 Å². The van der Waals surface area contributed by atoms with Gasteiger partial charge in [0.1, 0.15) is 0 Å². The van der Waals surface area contributed by atoms with Crippen molar-refractivity contribution in [3.05, 3.63) is 69.3 Å². The molecule has 37 heavy (non-hydrogen) atoms. The Morgan fingerprint density at radius 1 is 1.00 bits per heavy atom. The van der Waals surface area contributed by atoms with Crippen molar-refractivity contribution in [2.45, 2.75) is 83.6 Å². The van der Waals surface area contributed by atoms with E-state index in [2.05, 4.69) is 55.7 Å². The monoisotopic (exact) mass is 493 g/mol. The van der Waals surface area contributed by atoms with Crippen molar-refractivity contribution in [2.75, 3.05) is 31.1 Å². The number of carbonyl (C=O) groups is 1. The summed E-state index contributed by atoms with van der Waals surface area (Å²) in [6.45, 7) is 13.5. The molecular formula is C33H39N3O. The van der Waals surface area contributed by atoms with E-state index in [9.17, 15) is 10.1 Å². The Bertz CT molecular complexity index is 1350. The molecule has 1 saturated carbocycles. The molecule has 3 aliphatic carbocycles. The molecule has 4 aliphatic rings. The Kier molecular flexibility index (Phi) is 5.84. The van der Waals surface area contributed by atoms with Crippen LogP contribution in [0.3, 0.4) is 0 Å². The fourth-order valence-corrected chi connectivity index (χ4v) is 7.70. The second-order valence-electron chi connectivity index (χ2n) is 12.2. The van der Waals surface area contributed by atoms with Gasteiger partial charge in [-0.05, 0) is 90.6 Å². The normalized spacial score (nSPS) is 21.7. The van der Waals surface area contributed by atoms with Crippen molar-refractivity contribution in [1.82, 2.24) is 4.90 Å². The zero-order valence-corrected chi connectivity index (χ0v) is 22.9. The lowest BCUT2D eigenvalue weighted by Gasteiger charge is -2.53. The van der Waals surface area contributed by atoms with Gasteiger partial charge in [-0.3, -0.25) is 9.69 Å². The summed E-state index contributed by atoms with van der Waals surface area (Å²) >= 11 is 0. The number of aryl methyl sites for hydroxylation is 1. The molecule has 0 unspecified atom stereocenters. The lowest BCUT2D eigenvalue weighted by Crippen LogP contribution is -2.60. The van der Waals surface area contributed by atoms with E-state index >= 15 is 0 Å². The second-order valence-corrected chi connectivity index (χ2v) is 12.2. The summed E-state index contributed by atoms with van der Waals surface area (Å²) in [4.78, 5) is 19.3. The van der Waals surface area contributed by atoms with Gasteiger partial charge in [0.15, 0.2) is 5.78 Å². The third kappa shape index (κ3) is 3.62. The minimum atomic E-state index is -0.232. The van der Waals surface area contributed by atoms with Crippen LogP contribution in [-0.2, 0) is 18.3 Å². The SMILES string of the molecule is CCCC1(N2CCN(c3cc4c(cc3CC)C(=O)C3=C(Cc5cc(C#N)ccc53)C4(C)C)CC2)CCC1. The highest BCUT2D eigenvalue weighted by Crippen LogP contribution is 2.51. The van der Waals surface area contributed by atoms with Crippen LogP contribution in [0.5, 0.6) is 0 Å². The molecule has 2 aromatic carbocycles. The first-order valence-electron chi connectivity index (χ1n) is 14.3. The minimum Gasteiger partial charge on any atom is -0.369 e. The number of piperazine rings is 1. The van der Waals surface area contributed by atoms with E-state index in [0.29, 0.717) is 11.1 Å². The molecule has 0 atom stereocenters. The quantitative estimate of drug-likeness (QED) is 0.480. The number of carbonyl (C=O) groups excluding carboxylic acids is 1. The summed E-state index contributed by atoms with van der Waals surface area (Å²) in [5, 5.41) is 9.40. The summed E-state index contributed by atoms with van der Waals surface area (Å²) in [6, 6.07) is 12.6. The first kappa shape index (κ1) is 24.4. The smallest absolute Gasteiger partial charge is 0.193 e. The molecule has 2 fully saturated rings. The zero-order valence-electron chi connectivity index (χ0n) is 22.9. The van der Waals surface area contributed by atoms with Gasteiger partial charge in [0.05, 0.1) is 11.6 Å². The predicted octanol–water partition coefficient (Wildman–Crippen LogP) is 6.45. The number of anilines is 1. The van der Waals surface area contributed by atoms with E-state index in [1.807, 2.05) is 18.2 Å². The van der Waals surface area contributed by atoms with Gasteiger partial charge in [-0.15, -0.1) is 0 Å². The molecule has 192 valence electrons. The van der Waals surface area contributed by atoms with E-state index < -0.39 is 0 Å². The van der Waals surface area contributed by atoms with Gasteiger partial charge in [0.2, 0.25) is 0 Å². The van der Waals surface area contributed by atoms with Gasteiger partial charge in [-0.1, -0.05) is 40.2 Å². The summed E-state index contributed by atoms with van der Waals surface area (Å²) < 4.78 is 0. The average Bonchev–Trinajstić information content (AvgIpc) is 3.29. The molecule has 1 heterocycles. The number of nitriles is 1. The summed E-state index contributed by atoms with van der Waals surface area (Å²) in [5.74, 6) is 0.158. The number of benzene rings is 2. The Hall–Kier alpha value is -2.90. The van der Waals surface area contributed by atoms with Crippen LogP contribution in [-0.4, -0.2) is 42.4 Å². The van der Waals surface area contributed by atoms with Crippen molar-refractivity contribution in [3.63, 3.8) is 0 Å². The Morgan fingerprint density at radius 3 is 2.38 bits per heavy atom. The summed E-state index contributed by atoms with van der Waals surface area (Å²) in [6.07, 6.45) is 8.39. The Labute approximate surface area is 222 Å². The van der Waals surface area contributed by atoms with Gasteiger partial charge in [0.25, 0.3) is 0 Å². The van der Waals surface area contributed by atoms with E-state index in [0.717, 1.165) is 61.3 Å². The maximum atomic E-state index is 14.0. The lowest BCUT2D eigenvalue weighted by atomic mass is 9.68. The molecule has 1 aliphatic heterocycles. The lowest BCUT2D eigenvalue weighted by molar-refractivity contribution is 0.00379. The highest BCUT2D eigenvalue weighted by Gasteiger charge is 2.45. The van der Waals surface area contributed by atoms with Gasteiger partial charge in [-0.2, -0.15) is 5.26 Å². The fourth-order valence-electron chi connectivity index (χ4n) is 7.70. The molecule has 6 rings (SSSR count). The van der Waals surface area contributed by atoms with Gasteiger partial charge < -0.3 is 4.90 Å². The van der Waals surface area contributed by atoms with Gasteiger partial charge in [-0.25, -0.2) is 0 Å².